The van der Waals surface area contributed by atoms with E-state index in [-0.39, 0.29) is 37.2 Å². The summed E-state index contributed by atoms with van der Waals surface area (Å²) in [6.07, 6.45) is 0.537. The predicted molar refractivity (Wildman–Crippen MR) is 64.6 cm³/mol. The number of hydrogen-bond acceptors (Lipinski definition) is 4. The molecule has 0 aromatic rings. The van der Waals surface area contributed by atoms with Crippen molar-refractivity contribution in [1.82, 2.24) is 14.7 Å². The van der Waals surface area contributed by atoms with Crippen molar-refractivity contribution < 1.29 is 19.2 Å². The fourth-order valence-corrected chi connectivity index (χ4v) is 1.21. The molecule has 0 aromatic carbocycles. The molecule has 0 atom stereocenters. The maximum absolute atomic E-state index is 11.6. The number of hydrogen-bond donors (Lipinski definition) is 0. The maximum Gasteiger partial charge on any atom is 0.242 e. The summed E-state index contributed by atoms with van der Waals surface area (Å²) in [6, 6.07) is 0. The van der Waals surface area contributed by atoms with Crippen molar-refractivity contribution in [2.75, 3.05) is 40.8 Å². The molecule has 7 heteroatoms. The van der Waals surface area contributed by atoms with Crippen LogP contribution in [-0.4, -0.2) is 79.5 Å². The zero-order chi connectivity index (χ0) is 14.3. The average Bonchev–Trinajstić information content (AvgIpc) is 2.27. The van der Waals surface area contributed by atoms with Crippen LogP contribution in [0.15, 0.2) is 0 Å². The summed E-state index contributed by atoms with van der Waals surface area (Å²) in [5, 5.41) is 0. The van der Waals surface area contributed by atoms with Crippen molar-refractivity contribution in [1.29, 1.82) is 0 Å². The van der Waals surface area contributed by atoms with E-state index in [0.717, 1.165) is 0 Å². The minimum atomic E-state index is -0.339. The Labute approximate surface area is 106 Å². The lowest BCUT2D eigenvalue weighted by molar-refractivity contribution is -0.140. The number of carbonyl (C=O) groups is 4. The molecular weight excluding hydrogens is 238 g/mol. The number of nitrogens with zero attached hydrogens (tertiary/aromatic N) is 3. The second-order valence-electron chi connectivity index (χ2n) is 4.22. The predicted octanol–water partition coefficient (Wildman–Crippen LogP) is -1.42. The van der Waals surface area contributed by atoms with Crippen LogP contribution in [0.1, 0.15) is 6.92 Å². The largest absolute Gasteiger partial charge is 0.339 e. The van der Waals surface area contributed by atoms with Gasteiger partial charge in [-0.25, -0.2) is 0 Å². The van der Waals surface area contributed by atoms with Gasteiger partial charge in [0, 0.05) is 21.1 Å². The molecule has 0 spiro atoms. The molecule has 0 saturated heterocycles. The highest BCUT2D eigenvalue weighted by molar-refractivity contribution is 5.88. The van der Waals surface area contributed by atoms with Crippen LogP contribution in [0.2, 0.25) is 0 Å². The third-order valence-electron chi connectivity index (χ3n) is 2.25. The number of carbonyl (C=O) groups excluding carboxylic acids is 4. The third kappa shape index (κ3) is 5.97. The van der Waals surface area contributed by atoms with Gasteiger partial charge in [0.1, 0.15) is 5.78 Å². The van der Waals surface area contributed by atoms with Gasteiger partial charge < -0.3 is 14.7 Å². The Bertz CT molecular complexity index is 343. The van der Waals surface area contributed by atoms with Crippen molar-refractivity contribution in [3.63, 3.8) is 0 Å². The van der Waals surface area contributed by atoms with Crippen LogP contribution in [0, 0.1) is 0 Å². The van der Waals surface area contributed by atoms with E-state index in [2.05, 4.69) is 0 Å². The number of rotatable bonds is 7. The van der Waals surface area contributed by atoms with Crippen LogP contribution in [0.25, 0.3) is 0 Å². The lowest BCUT2D eigenvalue weighted by Gasteiger charge is -2.22. The summed E-state index contributed by atoms with van der Waals surface area (Å²) >= 11 is 0. The first kappa shape index (κ1) is 16.1. The first-order valence-electron chi connectivity index (χ1n) is 5.40. The van der Waals surface area contributed by atoms with Crippen molar-refractivity contribution in [2.24, 2.45) is 0 Å². The molecule has 0 aromatic heterocycles. The fourth-order valence-electron chi connectivity index (χ4n) is 1.21. The Morgan fingerprint density at radius 3 is 1.78 bits per heavy atom. The van der Waals surface area contributed by atoms with E-state index in [0.29, 0.717) is 6.41 Å². The monoisotopic (exact) mass is 257 g/mol. The lowest BCUT2D eigenvalue weighted by atomic mass is 10.3. The zero-order valence-corrected chi connectivity index (χ0v) is 11.2. The first-order valence-corrected chi connectivity index (χ1v) is 5.40. The first-order chi connectivity index (χ1) is 8.27. The Hall–Kier alpha value is -1.92. The molecule has 0 aliphatic carbocycles. The van der Waals surface area contributed by atoms with Crippen molar-refractivity contribution in [2.45, 2.75) is 6.92 Å². The fraction of sp³-hybridized carbons (Fsp3) is 0.636. The van der Waals surface area contributed by atoms with Gasteiger partial charge in [-0.15, -0.1) is 0 Å². The highest BCUT2D eigenvalue weighted by Crippen LogP contribution is 1.92. The van der Waals surface area contributed by atoms with Crippen LogP contribution in [0.5, 0.6) is 0 Å². The molecule has 7 nitrogen and oxygen atoms in total. The summed E-state index contributed by atoms with van der Waals surface area (Å²) in [5.74, 6) is -0.788. The van der Waals surface area contributed by atoms with E-state index in [4.69, 9.17) is 0 Å². The summed E-state index contributed by atoms with van der Waals surface area (Å²) in [7, 11) is 4.45. The van der Waals surface area contributed by atoms with E-state index in [1.807, 2.05) is 0 Å². The van der Waals surface area contributed by atoms with E-state index >= 15 is 0 Å². The van der Waals surface area contributed by atoms with Crippen LogP contribution in [-0.2, 0) is 19.2 Å². The summed E-state index contributed by atoms with van der Waals surface area (Å²) in [4.78, 5) is 48.1. The van der Waals surface area contributed by atoms with Crippen molar-refractivity contribution in [3.8, 4) is 0 Å². The van der Waals surface area contributed by atoms with Gasteiger partial charge in [-0.05, 0) is 6.92 Å². The lowest BCUT2D eigenvalue weighted by Crippen LogP contribution is -2.43. The molecule has 0 aliphatic rings. The minimum Gasteiger partial charge on any atom is -0.339 e. The Morgan fingerprint density at radius 1 is 0.889 bits per heavy atom. The molecule has 0 rings (SSSR count). The highest BCUT2D eigenvalue weighted by atomic mass is 16.2. The summed E-state index contributed by atoms with van der Waals surface area (Å²) < 4.78 is 0. The van der Waals surface area contributed by atoms with Crippen LogP contribution in [0.4, 0.5) is 0 Å². The molecule has 102 valence electrons. The minimum absolute atomic E-state index is 0.0229. The van der Waals surface area contributed by atoms with E-state index in [1.54, 1.807) is 0 Å². The van der Waals surface area contributed by atoms with E-state index in [1.165, 1.54) is 42.8 Å². The number of Topliss-reactive ketones (excluding diaryl/α,β-unsaturated/α-hetero) is 1. The molecule has 0 unspecified atom stereocenters. The topological polar surface area (TPSA) is 78.0 Å². The van der Waals surface area contributed by atoms with Crippen LogP contribution < -0.4 is 0 Å². The highest BCUT2D eigenvalue weighted by Gasteiger charge is 2.17. The number of likely N-dealkylation sites (N-methyl/N-ethyl adjacent to an activating group) is 3. The third-order valence-corrected chi connectivity index (χ3v) is 2.25. The van der Waals surface area contributed by atoms with Crippen LogP contribution >= 0.6 is 0 Å². The molecular formula is C11H19N3O4. The molecule has 3 amide bonds. The molecule has 0 bridgehead atoms. The summed E-state index contributed by atoms with van der Waals surface area (Å²) in [6.45, 7) is 1.21. The second-order valence-corrected chi connectivity index (χ2v) is 4.22. The van der Waals surface area contributed by atoms with Gasteiger partial charge in [-0.1, -0.05) is 0 Å². The molecule has 0 radical (unpaired) electrons. The van der Waals surface area contributed by atoms with E-state index < -0.39 is 0 Å². The van der Waals surface area contributed by atoms with E-state index in [9.17, 15) is 19.2 Å². The van der Waals surface area contributed by atoms with Gasteiger partial charge in [-0.2, -0.15) is 0 Å². The Balaban J connectivity index is 4.25. The SMILES string of the molecule is CC(=O)CN(C)C(=O)CN(C)C(=O)CN(C)C=O. The van der Waals surface area contributed by atoms with Crippen LogP contribution in [0.3, 0.4) is 0 Å². The van der Waals surface area contributed by atoms with Gasteiger partial charge in [0.25, 0.3) is 0 Å². The van der Waals surface area contributed by atoms with Gasteiger partial charge in [0.15, 0.2) is 0 Å². The van der Waals surface area contributed by atoms with Gasteiger partial charge in [-0.3, -0.25) is 19.2 Å². The van der Waals surface area contributed by atoms with Crippen molar-refractivity contribution >= 4 is 24.0 Å². The molecule has 0 heterocycles. The zero-order valence-electron chi connectivity index (χ0n) is 11.2. The smallest absolute Gasteiger partial charge is 0.242 e. The normalized spacial score (nSPS) is 9.56. The second kappa shape index (κ2) is 7.41. The molecule has 0 saturated carbocycles. The quantitative estimate of drug-likeness (QED) is 0.524. The number of amides is 3. The Morgan fingerprint density at radius 2 is 1.33 bits per heavy atom. The molecule has 0 fully saturated rings. The summed E-state index contributed by atoms with van der Waals surface area (Å²) in [5.41, 5.74) is 0. The van der Waals surface area contributed by atoms with Crippen molar-refractivity contribution in [3.05, 3.63) is 0 Å². The standard InChI is InChI=1S/C11H19N3O4/c1-9(16)5-13(3)11(18)7-14(4)10(17)6-12(2)8-15/h8H,5-7H2,1-4H3. The molecule has 0 N–H and O–H groups in total. The van der Waals surface area contributed by atoms with Gasteiger partial charge in [0.2, 0.25) is 18.2 Å². The van der Waals surface area contributed by atoms with Gasteiger partial charge in [0.05, 0.1) is 19.6 Å². The number of ketones is 1. The average molecular weight is 257 g/mol. The molecule has 0 aliphatic heterocycles. The maximum atomic E-state index is 11.6. The Kier molecular flexibility index (Phi) is 6.62. The van der Waals surface area contributed by atoms with Gasteiger partial charge >= 0.3 is 0 Å². The molecule has 18 heavy (non-hydrogen) atoms.